The number of H-pyrrole nitrogens is 1. The molecule has 2 aromatic carbocycles. The third kappa shape index (κ3) is 2.16. The average Bonchev–Trinajstić information content (AvgIpc) is 2.86. The zero-order chi connectivity index (χ0) is 16.1. The van der Waals surface area contributed by atoms with E-state index in [0.29, 0.717) is 11.0 Å². The second-order valence-corrected chi connectivity index (χ2v) is 5.85. The Morgan fingerprint density at radius 1 is 1.13 bits per heavy atom. The van der Waals surface area contributed by atoms with Crippen LogP contribution < -0.4 is 5.56 Å². The SMILES string of the molecule is O=c1[nH]c(-c2c(F)cccc2F)nc2c1oc1ccc(Br)cc12. The Hall–Kier alpha value is -2.54. The summed E-state index contributed by atoms with van der Waals surface area (Å²) in [5.41, 5.74) is -0.246. The van der Waals surface area contributed by atoms with Gasteiger partial charge in [0.05, 0.1) is 5.56 Å². The fourth-order valence-corrected chi connectivity index (χ4v) is 2.83. The molecular weight excluding hydrogens is 370 g/mol. The second-order valence-electron chi connectivity index (χ2n) is 4.93. The quantitative estimate of drug-likeness (QED) is 0.536. The van der Waals surface area contributed by atoms with Crippen molar-refractivity contribution in [1.29, 1.82) is 0 Å². The Bertz CT molecular complexity index is 1110. The van der Waals surface area contributed by atoms with Gasteiger partial charge in [-0.2, -0.15) is 0 Å². The second kappa shape index (κ2) is 4.99. The zero-order valence-electron chi connectivity index (χ0n) is 11.4. The van der Waals surface area contributed by atoms with Crippen LogP contribution in [0.5, 0.6) is 0 Å². The van der Waals surface area contributed by atoms with Crippen molar-refractivity contribution in [3.8, 4) is 11.4 Å². The molecule has 0 atom stereocenters. The minimum Gasteiger partial charge on any atom is -0.449 e. The lowest BCUT2D eigenvalue weighted by Gasteiger charge is -2.03. The lowest BCUT2D eigenvalue weighted by Crippen LogP contribution is -2.09. The number of aromatic amines is 1. The first-order chi connectivity index (χ1) is 11.0. The van der Waals surface area contributed by atoms with Crippen molar-refractivity contribution in [2.75, 3.05) is 0 Å². The average molecular weight is 377 g/mol. The molecule has 0 unspecified atom stereocenters. The van der Waals surface area contributed by atoms with Gasteiger partial charge in [-0.3, -0.25) is 4.79 Å². The van der Waals surface area contributed by atoms with E-state index in [1.165, 1.54) is 6.07 Å². The maximum Gasteiger partial charge on any atom is 0.294 e. The summed E-state index contributed by atoms with van der Waals surface area (Å²) in [5.74, 6) is -1.79. The molecular formula is C16H7BrF2N2O2. The molecule has 4 rings (SSSR count). The number of nitrogens with zero attached hydrogens (tertiary/aromatic N) is 1. The monoisotopic (exact) mass is 376 g/mol. The number of aromatic nitrogens is 2. The summed E-state index contributed by atoms with van der Waals surface area (Å²) in [7, 11) is 0. The highest BCUT2D eigenvalue weighted by atomic mass is 79.9. The van der Waals surface area contributed by atoms with Crippen LogP contribution in [0.25, 0.3) is 33.5 Å². The van der Waals surface area contributed by atoms with E-state index in [1.807, 2.05) is 0 Å². The molecule has 0 spiro atoms. The first-order valence-electron chi connectivity index (χ1n) is 6.61. The molecule has 7 heteroatoms. The molecule has 0 saturated carbocycles. The first kappa shape index (κ1) is 14.1. The van der Waals surface area contributed by atoms with Crippen molar-refractivity contribution in [3.63, 3.8) is 0 Å². The highest BCUT2D eigenvalue weighted by molar-refractivity contribution is 9.10. The van der Waals surface area contributed by atoms with E-state index in [9.17, 15) is 13.6 Å². The van der Waals surface area contributed by atoms with Crippen LogP contribution in [0.3, 0.4) is 0 Å². The van der Waals surface area contributed by atoms with Crippen LogP contribution in [0.1, 0.15) is 0 Å². The highest BCUT2D eigenvalue weighted by Gasteiger charge is 2.18. The molecule has 4 aromatic rings. The standard InChI is InChI=1S/C16H7BrF2N2O2/c17-7-4-5-11-8(6-7)13-14(23-11)16(22)21-15(20-13)12-9(18)2-1-3-10(12)19/h1-6H,(H,20,21,22). The molecule has 0 aliphatic heterocycles. The third-order valence-electron chi connectivity index (χ3n) is 3.49. The van der Waals surface area contributed by atoms with Gasteiger partial charge in [-0.05, 0) is 30.3 Å². The molecule has 0 saturated heterocycles. The zero-order valence-corrected chi connectivity index (χ0v) is 12.9. The first-order valence-corrected chi connectivity index (χ1v) is 7.40. The van der Waals surface area contributed by atoms with E-state index in [1.54, 1.807) is 18.2 Å². The van der Waals surface area contributed by atoms with Gasteiger partial charge in [-0.15, -0.1) is 0 Å². The van der Waals surface area contributed by atoms with Gasteiger partial charge >= 0.3 is 0 Å². The minimum absolute atomic E-state index is 0.0126. The molecule has 114 valence electrons. The molecule has 2 heterocycles. The minimum atomic E-state index is -0.804. The van der Waals surface area contributed by atoms with Crippen molar-refractivity contribution in [1.82, 2.24) is 9.97 Å². The molecule has 2 aromatic heterocycles. The van der Waals surface area contributed by atoms with Gasteiger partial charge < -0.3 is 9.40 Å². The third-order valence-corrected chi connectivity index (χ3v) is 3.98. The summed E-state index contributed by atoms with van der Waals surface area (Å²) in [6.45, 7) is 0. The number of hydrogen-bond acceptors (Lipinski definition) is 3. The number of rotatable bonds is 1. The van der Waals surface area contributed by atoms with E-state index < -0.39 is 17.2 Å². The van der Waals surface area contributed by atoms with E-state index in [0.717, 1.165) is 16.6 Å². The lowest BCUT2D eigenvalue weighted by atomic mass is 10.1. The van der Waals surface area contributed by atoms with Crippen LogP contribution in [-0.4, -0.2) is 9.97 Å². The number of hydrogen-bond donors (Lipinski definition) is 1. The Kier molecular flexibility index (Phi) is 3.05. The molecule has 0 aliphatic rings. The van der Waals surface area contributed by atoms with Gasteiger partial charge in [-0.25, -0.2) is 13.8 Å². The smallest absolute Gasteiger partial charge is 0.294 e. The van der Waals surface area contributed by atoms with Crippen LogP contribution in [0.15, 0.2) is 50.1 Å². The van der Waals surface area contributed by atoms with Gasteiger partial charge in [0.1, 0.15) is 28.6 Å². The number of fused-ring (bicyclic) bond motifs is 3. The number of halogens is 3. The van der Waals surface area contributed by atoms with Crippen LogP contribution in [0.2, 0.25) is 0 Å². The summed E-state index contributed by atoms with van der Waals surface area (Å²) >= 11 is 3.33. The van der Waals surface area contributed by atoms with Crippen LogP contribution in [-0.2, 0) is 0 Å². The van der Waals surface area contributed by atoms with Gasteiger partial charge in [0.15, 0.2) is 0 Å². The predicted octanol–water partition coefficient (Wildman–Crippen LogP) is 4.38. The van der Waals surface area contributed by atoms with Gasteiger partial charge in [-0.1, -0.05) is 22.0 Å². The Morgan fingerprint density at radius 2 is 1.87 bits per heavy atom. The summed E-state index contributed by atoms with van der Waals surface area (Å²) in [6.07, 6.45) is 0. The molecule has 0 bridgehead atoms. The summed E-state index contributed by atoms with van der Waals surface area (Å²) in [6, 6.07) is 8.63. The summed E-state index contributed by atoms with van der Waals surface area (Å²) in [4.78, 5) is 18.8. The van der Waals surface area contributed by atoms with E-state index >= 15 is 0 Å². The van der Waals surface area contributed by atoms with Crippen LogP contribution in [0, 0.1) is 11.6 Å². The Morgan fingerprint density at radius 3 is 2.61 bits per heavy atom. The predicted molar refractivity (Wildman–Crippen MR) is 85.2 cm³/mol. The Balaban J connectivity index is 2.12. The fourth-order valence-electron chi connectivity index (χ4n) is 2.47. The van der Waals surface area contributed by atoms with Crippen LogP contribution in [0.4, 0.5) is 8.78 Å². The summed E-state index contributed by atoms with van der Waals surface area (Å²) in [5, 5.41) is 0.582. The highest BCUT2D eigenvalue weighted by Crippen LogP contribution is 2.30. The van der Waals surface area contributed by atoms with Crippen molar-refractivity contribution in [2.45, 2.75) is 0 Å². The van der Waals surface area contributed by atoms with Crippen molar-refractivity contribution >= 4 is 38.0 Å². The molecule has 0 radical (unpaired) electrons. The summed E-state index contributed by atoms with van der Waals surface area (Å²) < 4.78 is 34.1. The fraction of sp³-hybridized carbons (Fsp3) is 0. The molecule has 4 nitrogen and oxygen atoms in total. The van der Waals surface area contributed by atoms with E-state index in [-0.39, 0.29) is 22.5 Å². The maximum atomic E-state index is 13.9. The molecule has 1 N–H and O–H groups in total. The molecule has 23 heavy (non-hydrogen) atoms. The largest absolute Gasteiger partial charge is 0.449 e. The normalized spacial score (nSPS) is 11.4. The van der Waals surface area contributed by atoms with Crippen LogP contribution >= 0.6 is 15.9 Å². The molecule has 0 fully saturated rings. The molecule has 0 aliphatic carbocycles. The van der Waals surface area contributed by atoms with Gasteiger partial charge in [0.25, 0.3) is 5.56 Å². The van der Waals surface area contributed by atoms with Crippen molar-refractivity contribution < 1.29 is 13.2 Å². The van der Waals surface area contributed by atoms with E-state index in [4.69, 9.17) is 4.42 Å². The Labute approximate surface area is 135 Å². The number of furan rings is 1. The lowest BCUT2D eigenvalue weighted by molar-refractivity contribution is 0.587. The van der Waals surface area contributed by atoms with Gasteiger partial charge in [0.2, 0.25) is 5.58 Å². The number of nitrogens with one attached hydrogen (secondary N) is 1. The van der Waals surface area contributed by atoms with Crippen molar-refractivity contribution in [2.24, 2.45) is 0 Å². The van der Waals surface area contributed by atoms with E-state index in [2.05, 4.69) is 25.9 Å². The maximum absolute atomic E-state index is 13.9. The topological polar surface area (TPSA) is 58.9 Å². The molecule has 0 amide bonds. The van der Waals surface area contributed by atoms with Gasteiger partial charge in [0, 0.05) is 9.86 Å². The number of benzene rings is 2. The van der Waals surface area contributed by atoms with Crippen molar-refractivity contribution in [3.05, 3.63) is 62.9 Å².